The summed E-state index contributed by atoms with van der Waals surface area (Å²) in [6.45, 7) is 0. The maximum atomic E-state index is 8.84. The van der Waals surface area contributed by atoms with Gasteiger partial charge in [0.25, 0.3) is 0 Å². The first-order valence-electron chi connectivity index (χ1n) is 2.75. The molecule has 0 spiro atoms. The van der Waals surface area contributed by atoms with Gasteiger partial charge in [-0.25, -0.2) is 0 Å². The van der Waals surface area contributed by atoms with Gasteiger partial charge in [-0.3, -0.25) is 0 Å². The van der Waals surface area contributed by atoms with Crippen molar-refractivity contribution < 1.29 is 5.11 Å². The molecule has 1 aromatic rings. The first kappa shape index (κ1) is 6.36. The molecule has 0 aliphatic heterocycles. The van der Waals surface area contributed by atoms with E-state index in [2.05, 4.69) is 10.2 Å². The SMILES string of the molecule is Oc1ccc(C[Si])cc1. The van der Waals surface area contributed by atoms with Crippen molar-refractivity contribution in [2.24, 2.45) is 0 Å². The number of phenols is 1. The van der Waals surface area contributed by atoms with Crippen LogP contribution in [0.1, 0.15) is 5.56 Å². The van der Waals surface area contributed by atoms with Gasteiger partial charge < -0.3 is 5.11 Å². The summed E-state index contributed by atoms with van der Waals surface area (Å²) < 4.78 is 0. The van der Waals surface area contributed by atoms with Gasteiger partial charge >= 0.3 is 0 Å². The largest absolute Gasteiger partial charge is 0.508 e. The Kier molecular flexibility index (Phi) is 1.90. The zero-order chi connectivity index (χ0) is 6.69. The third-order valence-electron chi connectivity index (χ3n) is 1.14. The second-order valence-electron chi connectivity index (χ2n) is 1.84. The van der Waals surface area contributed by atoms with Gasteiger partial charge in [0.05, 0.1) is 0 Å². The van der Waals surface area contributed by atoms with Gasteiger partial charge in [0, 0.05) is 10.2 Å². The summed E-state index contributed by atoms with van der Waals surface area (Å²) in [6.07, 6.45) is 0. The molecule has 9 heavy (non-hydrogen) atoms. The van der Waals surface area contributed by atoms with Crippen molar-refractivity contribution in [2.75, 3.05) is 0 Å². The van der Waals surface area contributed by atoms with Crippen LogP contribution < -0.4 is 0 Å². The quantitative estimate of drug-likeness (QED) is 0.571. The molecule has 0 aliphatic rings. The van der Waals surface area contributed by atoms with Crippen molar-refractivity contribution in [2.45, 2.75) is 6.04 Å². The maximum absolute atomic E-state index is 8.84. The Morgan fingerprint density at radius 1 is 1.22 bits per heavy atom. The standard InChI is InChI=1S/C7H7OSi/c8-7-3-1-6(5-9)2-4-7/h1-4,8H,5H2. The number of hydrogen-bond acceptors (Lipinski definition) is 1. The van der Waals surface area contributed by atoms with Crippen LogP contribution in [0, 0.1) is 0 Å². The van der Waals surface area contributed by atoms with Crippen LogP contribution in [0.15, 0.2) is 24.3 Å². The summed E-state index contributed by atoms with van der Waals surface area (Å²) in [5.74, 6) is 0.318. The molecule has 1 rings (SSSR count). The Morgan fingerprint density at radius 2 is 1.78 bits per heavy atom. The second kappa shape index (κ2) is 2.69. The van der Waals surface area contributed by atoms with Crippen molar-refractivity contribution in [3.8, 4) is 5.75 Å². The summed E-state index contributed by atoms with van der Waals surface area (Å²) in [7, 11) is 3.35. The van der Waals surface area contributed by atoms with Gasteiger partial charge in [0.15, 0.2) is 0 Å². The van der Waals surface area contributed by atoms with E-state index in [9.17, 15) is 0 Å². The van der Waals surface area contributed by atoms with Crippen molar-refractivity contribution in [3.63, 3.8) is 0 Å². The fourth-order valence-corrected chi connectivity index (χ4v) is 0.850. The van der Waals surface area contributed by atoms with Crippen molar-refractivity contribution in [1.29, 1.82) is 0 Å². The molecule has 0 heterocycles. The fourth-order valence-electron chi connectivity index (χ4n) is 0.614. The Balaban J connectivity index is 2.88. The van der Waals surface area contributed by atoms with Gasteiger partial charge in [-0.15, -0.1) is 0 Å². The lowest BCUT2D eigenvalue weighted by molar-refractivity contribution is 0.475. The number of hydrogen-bond donors (Lipinski definition) is 1. The molecule has 1 aromatic carbocycles. The normalized spacial score (nSPS) is 9.44. The summed E-state index contributed by atoms with van der Waals surface area (Å²) in [4.78, 5) is 0. The first-order chi connectivity index (χ1) is 4.33. The van der Waals surface area contributed by atoms with Crippen LogP contribution in [0.3, 0.4) is 0 Å². The van der Waals surface area contributed by atoms with E-state index in [1.165, 1.54) is 5.56 Å². The number of phenolic OH excluding ortho intramolecular Hbond substituents is 1. The first-order valence-corrected chi connectivity index (χ1v) is 3.46. The Labute approximate surface area is 57.8 Å². The minimum atomic E-state index is 0.318. The fraction of sp³-hybridized carbons (Fsp3) is 0.143. The van der Waals surface area contributed by atoms with Crippen molar-refractivity contribution in [3.05, 3.63) is 29.8 Å². The molecule has 0 aromatic heterocycles. The van der Waals surface area contributed by atoms with Crippen LogP contribution in [-0.2, 0) is 6.04 Å². The van der Waals surface area contributed by atoms with Crippen LogP contribution >= 0.6 is 0 Å². The zero-order valence-electron chi connectivity index (χ0n) is 4.96. The molecule has 1 nitrogen and oxygen atoms in total. The van der Waals surface area contributed by atoms with E-state index in [1.54, 1.807) is 12.1 Å². The molecule has 0 amide bonds. The summed E-state index contributed by atoms with van der Waals surface area (Å²) in [5, 5.41) is 8.84. The highest BCUT2D eigenvalue weighted by molar-refractivity contribution is 6.08. The number of rotatable bonds is 1. The van der Waals surface area contributed by atoms with Crippen LogP contribution in [0.25, 0.3) is 0 Å². The highest BCUT2D eigenvalue weighted by atomic mass is 28.1. The lowest BCUT2D eigenvalue weighted by Crippen LogP contribution is -1.79. The smallest absolute Gasteiger partial charge is 0.115 e. The number of benzene rings is 1. The van der Waals surface area contributed by atoms with Crippen LogP contribution in [0.5, 0.6) is 5.75 Å². The predicted octanol–water partition coefficient (Wildman–Crippen LogP) is 1.06. The van der Waals surface area contributed by atoms with Gasteiger partial charge in [0.1, 0.15) is 5.75 Å². The molecule has 0 fully saturated rings. The predicted molar refractivity (Wildman–Crippen MR) is 37.6 cm³/mol. The molecule has 0 saturated carbocycles. The minimum absolute atomic E-state index is 0.318. The molecule has 0 atom stereocenters. The van der Waals surface area contributed by atoms with Crippen molar-refractivity contribution in [1.82, 2.24) is 0 Å². The molecular formula is C7H7OSi. The van der Waals surface area contributed by atoms with E-state index in [0.29, 0.717) is 5.75 Å². The molecule has 0 unspecified atom stereocenters. The summed E-state index contributed by atoms with van der Waals surface area (Å²) in [5.41, 5.74) is 1.17. The topological polar surface area (TPSA) is 20.2 Å². The monoisotopic (exact) mass is 135 g/mol. The highest BCUT2D eigenvalue weighted by Gasteiger charge is 1.86. The molecule has 45 valence electrons. The summed E-state index contributed by atoms with van der Waals surface area (Å²) >= 11 is 0. The maximum Gasteiger partial charge on any atom is 0.115 e. The third-order valence-corrected chi connectivity index (χ3v) is 1.55. The highest BCUT2D eigenvalue weighted by Crippen LogP contribution is 2.08. The van der Waals surface area contributed by atoms with Gasteiger partial charge in [-0.05, 0) is 18.2 Å². The van der Waals surface area contributed by atoms with Gasteiger partial charge in [0.2, 0.25) is 0 Å². The minimum Gasteiger partial charge on any atom is -0.508 e. The Bertz CT molecular complexity index is 181. The molecule has 3 radical (unpaired) electrons. The lowest BCUT2D eigenvalue weighted by atomic mass is 10.2. The van der Waals surface area contributed by atoms with Gasteiger partial charge in [-0.2, -0.15) is 0 Å². The van der Waals surface area contributed by atoms with E-state index < -0.39 is 0 Å². The average Bonchev–Trinajstić information content (AvgIpc) is 1.90. The van der Waals surface area contributed by atoms with Crippen LogP contribution in [-0.4, -0.2) is 15.3 Å². The molecular weight excluding hydrogens is 128 g/mol. The van der Waals surface area contributed by atoms with E-state index in [0.717, 1.165) is 6.04 Å². The average molecular weight is 135 g/mol. The van der Waals surface area contributed by atoms with Crippen LogP contribution in [0.4, 0.5) is 0 Å². The van der Waals surface area contributed by atoms with E-state index in [1.807, 2.05) is 12.1 Å². The van der Waals surface area contributed by atoms with E-state index in [-0.39, 0.29) is 0 Å². The Hall–Kier alpha value is -0.763. The van der Waals surface area contributed by atoms with Crippen molar-refractivity contribution >= 4 is 10.2 Å². The molecule has 0 bridgehead atoms. The molecule has 0 saturated heterocycles. The Morgan fingerprint density at radius 3 is 2.22 bits per heavy atom. The molecule has 2 heteroatoms. The third kappa shape index (κ3) is 1.57. The molecule has 0 aliphatic carbocycles. The second-order valence-corrected chi connectivity index (χ2v) is 2.20. The van der Waals surface area contributed by atoms with Crippen LogP contribution in [0.2, 0.25) is 0 Å². The van der Waals surface area contributed by atoms with E-state index in [4.69, 9.17) is 5.11 Å². The zero-order valence-corrected chi connectivity index (χ0v) is 5.96. The van der Waals surface area contributed by atoms with Gasteiger partial charge in [-0.1, -0.05) is 17.7 Å². The molecule has 1 N–H and O–H groups in total. The summed E-state index contributed by atoms with van der Waals surface area (Å²) in [6, 6.07) is 7.94. The number of aromatic hydroxyl groups is 1. The van der Waals surface area contributed by atoms with E-state index >= 15 is 0 Å². The lowest BCUT2D eigenvalue weighted by Gasteiger charge is -1.93.